The van der Waals surface area contributed by atoms with Crippen LogP contribution in [0.5, 0.6) is 0 Å². The third kappa shape index (κ3) is 3.04. The fourth-order valence-corrected chi connectivity index (χ4v) is 1.69. The Bertz CT molecular complexity index is 609. The summed E-state index contributed by atoms with van der Waals surface area (Å²) in [6, 6.07) is 14.1. The molecule has 0 heterocycles. The Morgan fingerprint density at radius 3 is 1.70 bits per heavy atom. The predicted octanol–water partition coefficient (Wildman–Crippen LogP) is 5.52. The molecule has 0 aliphatic carbocycles. The van der Waals surface area contributed by atoms with Crippen LogP contribution in [0.2, 0.25) is 0 Å². The van der Waals surface area contributed by atoms with E-state index in [4.69, 9.17) is 0 Å². The minimum Gasteiger partial charge on any atom is -0.203 e. The lowest BCUT2D eigenvalue weighted by atomic mass is 10.0. The van der Waals surface area contributed by atoms with E-state index in [1.807, 2.05) is 6.07 Å². The normalized spacial score (nSPS) is 13.1. The average molecular weight is 284 g/mol. The minimum absolute atomic E-state index is 0.445. The fourth-order valence-electron chi connectivity index (χ4n) is 1.69. The smallest absolute Gasteiger partial charge is 0.203 e. The number of alkyl halides is 3. The van der Waals surface area contributed by atoms with Crippen molar-refractivity contribution in [2.75, 3.05) is 0 Å². The zero-order chi connectivity index (χ0) is 14.8. The number of hydrogen-bond donors (Lipinski definition) is 0. The van der Waals surface area contributed by atoms with E-state index in [1.54, 1.807) is 24.3 Å². The van der Waals surface area contributed by atoms with Crippen LogP contribution in [0.3, 0.4) is 0 Å². The number of halogens is 5. The third-order valence-electron chi connectivity index (χ3n) is 2.69. The molecule has 0 N–H and O–H groups in total. The summed E-state index contributed by atoms with van der Waals surface area (Å²) in [6.45, 7) is 0. The molecule has 0 atom stereocenters. The van der Waals surface area contributed by atoms with Crippen molar-refractivity contribution in [3.05, 3.63) is 66.0 Å². The maximum atomic E-state index is 13.3. The molecule has 0 bridgehead atoms. The summed E-state index contributed by atoms with van der Waals surface area (Å²) in [7, 11) is 0. The average Bonchev–Trinajstić information content (AvgIpc) is 2.46. The zero-order valence-electron chi connectivity index (χ0n) is 10.1. The molecule has 5 heteroatoms. The Labute approximate surface area is 112 Å². The van der Waals surface area contributed by atoms with Crippen molar-refractivity contribution in [3.8, 4) is 11.1 Å². The van der Waals surface area contributed by atoms with E-state index in [2.05, 4.69) is 0 Å². The van der Waals surface area contributed by atoms with E-state index < -0.39 is 23.4 Å². The van der Waals surface area contributed by atoms with Crippen LogP contribution >= 0.6 is 0 Å². The van der Waals surface area contributed by atoms with Crippen molar-refractivity contribution in [2.24, 2.45) is 0 Å². The van der Waals surface area contributed by atoms with Gasteiger partial charge >= 0.3 is 6.18 Å². The molecular formula is C15H9F5. The summed E-state index contributed by atoms with van der Waals surface area (Å²) >= 11 is 0. The molecule has 0 amide bonds. The quantitative estimate of drug-likeness (QED) is 0.637. The summed E-state index contributed by atoms with van der Waals surface area (Å²) < 4.78 is 62.3. The first kappa shape index (κ1) is 14.2. The number of allylic oxidation sites excluding steroid dienone is 1. The standard InChI is InChI=1S/C15H9F5/c16-13(14(17)15(18,19)20)12-8-6-11(7-9-12)10-4-2-1-3-5-10/h1-9H/b14-13-. The Morgan fingerprint density at radius 1 is 0.700 bits per heavy atom. The maximum absolute atomic E-state index is 13.3. The molecule has 104 valence electrons. The molecule has 2 aromatic carbocycles. The van der Waals surface area contributed by atoms with Crippen LogP contribution in [0.1, 0.15) is 5.56 Å². The number of rotatable bonds is 2. The molecule has 0 aliphatic rings. The van der Waals surface area contributed by atoms with Gasteiger partial charge in [0.25, 0.3) is 0 Å². The van der Waals surface area contributed by atoms with E-state index in [1.165, 1.54) is 12.1 Å². The van der Waals surface area contributed by atoms with Gasteiger partial charge in [-0.05, 0) is 11.1 Å². The monoisotopic (exact) mass is 284 g/mol. The Morgan fingerprint density at radius 2 is 1.20 bits per heavy atom. The van der Waals surface area contributed by atoms with Crippen molar-refractivity contribution in [2.45, 2.75) is 6.18 Å². The van der Waals surface area contributed by atoms with Gasteiger partial charge in [-0.3, -0.25) is 0 Å². The van der Waals surface area contributed by atoms with Gasteiger partial charge in [0.1, 0.15) is 0 Å². The van der Waals surface area contributed by atoms with E-state index in [-0.39, 0.29) is 0 Å². The lowest BCUT2D eigenvalue weighted by Gasteiger charge is -2.06. The van der Waals surface area contributed by atoms with Gasteiger partial charge in [-0.15, -0.1) is 0 Å². The minimum atomic E-state index is -5.32. The molecule has 2 rings (SSSR count). The largest absolute Gasteiger partial charge is 0.445 e. The van der Waals surface area contributed by atoms with Gasteiger partial charge in [-0.2, -0.15) is 17.6 Å². The van der Waals surface area contributed by atoms with E-state index in [0.29, 0.717) is 5.56 Å². The molecule has 0 aliphatic heterocycles. The van der Waals surface area contributed by atoms with Crippen LogP contribution in [-0.2, 0) is 0 Å². The number of benzene rings is 2. The molecule has 0 fully saturated rings. The zero-order valence-corrected chi connectivity index (χ0v) is 10.1. The highest BCUT2D eigenvalue weighted by molar-refractivity contribution is 5.68. The first-order valence-electron chi connectivity index (χ1n) is 5.68. The summed E-state index contributed by atoms with van der Waals surface area (Å²) in [5.74, 6) is -4.62. The predicted molar refractivity (Wildman–Crippen MR) is 67.1 cm³/mol. The van der Waals surface area contributed by atoms with Crippen molar-refractivity contribution in [1.29, 1.82) is 0 Å². The van der Waals surface area contributed by atoms with Crippen LogP contribution in [0.4, 0.5) is 22.0 Å². The molecule has 0 radical (unpaired) electrons. The fraction of sp³-hybridized carbons (Fsp3) is 0.0667. The molecule has 0 spiro atoms. The van der Waals surface area contributed by atoms with E-state index >= 15 is 0 Å². The summed E-state index contributed by atoms with van der Waals surface area (Å²) in [6.07, 6.45) is -5.32. The lowest BCUT2D eigenvalue weighted by molar-refractivity contribution is -0.108. The molecule has 0 unspecified atom stereocenters. The first-order chi connectivity index (χ1) is 9.39. The summed E-state index contributed by atoms with van der Waals surface area (Å²) in [4.78, 5) is 0. The molecular weight excluding hydrogens is 275 g/mol. The van der Waals surface area contributed by atoms with Gasteiger partial charge in [0.05, 0.1) is 0 Å². The highest BCUT2D eigenvalue weighted by Crippen LogP contribution is 2.34. The highest BCUT2D eigenvalue weighted by Gasteiger charge is 2.38. The van der Waals surface area contributed by atoms with Crippen LogP contribution in [-0.4, -0.2) is 6.18 Å². The van der Waals surface area contributed by atoms with Crippen LogP contribution < -0.4 is 0 Å². The second-order valence-electron chi connectivity index (χ2n) is 4.07. The van der Waals surface area contributed by atoms with Crippen molar-refractivity contribution in [3.63, 3.8) is 0 Å². The second-order valence-corrected chi connectivity index (χ2v) is 4.07. The SMILES string of the molecule is F/C(=C(\F)C(F)(F)F)c1ccc(-c2ccccc2)cc1. The topological polar surface area (TPSA) is 0 Å². The van der Waals surface area contributed by atoms with Crippen molar-refractivity contribution < 1.29 is 22.0 Å². The third-order valence-corrected chi connectivity index (χ3v) is 2.69. The van der Waals surface area contributed by atoms with Crippen LogP contribution in [0.25, 0.3) is 17.0 Å². The summed E-state index contributed by atoms with van der Waals surface area (Å²) in [5.41, 5.74) is 1.09. The van der Waals surface area contributed by atoms with Crippen molar-refractivity contribution in [1.82, 2.24) is 0 Å². The van der Waals surface area contributed by atoms with Gasteiger partial charge < -0.3 is 0 Å². The van der Waals surface area contributed by atoms with Gasteiger partial charge in [0, 0.05) is 5.56 Å². The Balaban J connectivity index is 2.34. The van der Waals surface area contributed by atoms with Gasteiger partial charge in [0.2, 0.25) is 5.83 Å². The molecule has 2 aromatic rings. The van der Waals surface area contributed by atoms with E-state index in [0.717, 1.165) is 17.7 Å². The Hall–Kier alpha value is -2.17. The molecule has 0 nitrogen and oxygen atoms in total. The second kappa shape index (κ2) is 5.45. The van der Waals surface area contributed by atoms with Gasteiger partial charge in [-0.25, -0.2) is 4.39 Å². The van der Waals surface area contributed by atoms with Gasteiger partial charge in [-0.1, -0.05) is 54.6 Å². The molecule has 20 heavy (non-hydrogen) atoms. The first-order valence-corrected chi connectivity index (χ1v) is 5.68. The maximum Gasteiger partial charge on any atom is 0.445 e. The van der Waals surface area contributed by atoms with Gasteiger partial charge in [0.15, 0.2) is 5.83 Å². The van der Waals surface area contributed by atoms with E-state index in [9.17, 15) is 22.0 Å². The lowest BCUT2D eigenvalue weighted by Crippen LogP contribution is -2.09. The summed E-state index contributed by atoms with van der Waals surface area (Å²) in [5, 5.41) is 0. The van der Waals surface area contributed by atoms with Crippen LogP contribution in [0.15, 0.2) is 60.4 Å². The molecule has 0 saturated heterocycles. The highest BCUT2D eigenvalue weighted by atomic mass is 19.4. The van der Waals surface area contributed by atoms with Crippen LogP contribution in [0, 0.1) is 0 Å². The van der Waals surface area contributed by atoms with Crippen molar-refractivity contribution >= 4 is 5.83 Å². The molecule has 0 saturated carbocycles. The molecule has 0 aromatic heterocycles. The Kier molecular flexibility index (Phi) is 3.88. The number of hydrogen-bond acceptors (Lipinski definition) is 0.